The molecule has 1 heterocycles. The number of carbonyl (C=O) groups is 1. The molecule has 0 radical (unpaired) electrons. The molecule has 23 heavy (non-hydrogen) atoms. The van der Waals surface area contributed by atoms with E-state index in [4.69, 9.17) is 13.9 Å². The predicted molar refractivity (Wildman–Crippen MR) is 99.4 cm³/mol. The van der Waals surface area contributed by atoms with Crippen LogP contribution >= 0.6 is 0 Å². The number of hydrogen-bond donors (Lipinski definition) is 0. The van der Waals surface area contributed by atoms with Gasteiger partial charge in [-0.1, -0.05) is 32.6 Å². The predicted octanol–water partition coefficient (Wildman–Crippen LogP) is 4.42. The highest BCUT2D eigenvalue weighted by atomic mass is 29.3. The van der Waals surface area contributed by atoms with Crippen LogP contribution in [0.3, 0.4) is 0 Å². The van der Waals surface area contributed by atoms with Gasteiger partial charge in [-0.3, -0.25) is 0 Å². The molecule has 1 rings (SSSR count). The molecule has 4 nitrogen and oxygen atoms in total. The molecule has 0 aliphatic carbocycles. The summed E-state index contributed by atoms with van der Waals surface area (Å²) in [5.74, 6) is -0.412. The molecule has 0 spiro atoms. The third-order valence-corrected chi connectivity index (χ3v) is 22.0. The standard InChI is InChI=1S/C17H34O4Si2/c1-10-15(19-14(4)20-16(18)13(2)3)17(5)11-12-22(6,7)23(8,9)21-17/h14-15H,2,10-12H2,1,3-9H3. The molecule has 1 aliphatic rings. The number of ether oxygens (including phenoxy) is 2. The van der Waals surface area contributed by atoms with Crippen molar-refractivity contribution in [1.29, 1.82) is 0 Å². The normalized spacial score (nSPS) is 28.7. The fourth-order valence-electron chi connectivity index (χ4n) is 3.04. The minimum atomic E-state index is -1.70. The van der Waals surface area contributed by atoms with E-state index >= 15 is 0 Å². The third-order valence-electron chi connectivity index (χ3n) is 5.39. The van der Waals surface area contributed by atoms with Crippen molar-refractivity contribution < 1.29 is 18.7 Å². The van der Waals surface area contributed by atoms with E-state index in [9.17, 15) is 4.79 Å². The maximum Gasteiger partial charge on any atom is 0.335 e. The van der Waals surface area contributed by atoms with Gasteiger partial charge in [-0.15, -0.1) is 0 Å². The summed E-state index contributed by atoms with van der Waals surface area (Å²) in [6, 6.07) is 1.27. The molecule has 1 fully saturated rings. The van der Waals surface area contributed by atoms with Gasteiger partial charge < -0.3 is 13.9 Å². The largest absolute Gasteiger partial charge is 0.433 e. The minimum absolute atomic E-state index is 0.0766. The van der Waals surface area contributed by atoms with E-state index in [1.54, 1.807) is 13.8 Å². The molecular formula is C17H34O4Si2. The molecule has 134 valence electrons. The summed E-state index contributed by atoms with van der Waals surface area (Å²) in [7, 11) is -2.98. The summed E-state index contributed by atoms with van der Waals surface area (Å²) in [6.07, 6.45) is 1.18. The molecule has 0 aromatic carbocycles. The smallest absolute Gasteiger partial charge is 0.335 e. The lowest BCUT2D eigenvalue weighted by molar-refractivity contribution is -0.204. The van der Waals surface area contributed by atoms with E-state index < -0.39 is 27.7 Å². The number of rotatable bonds is 6. The van der Waals surface area contributed by atoms with Crippen molar-refractivity contribution in [3.63, 3.8) is 0 Å². The van der Waals surface area contributed by atoms with E-state index in [0.29, 0.717) is 5.57 Å². The highest BCUT2D eigenvalue weighted by molar-refractivity contribution is 7.38. The van der Waals surface area contributed by atoms with Crippen LogP contribution in [-0.2, 0) is 18.7 Å². The third kappa shape index (κ3) is 4.78. The Hall–Kier alpha value is -0.436. The number of hydrogen-bond acceptors (Lipinski definition) is 4. The first-order chi connectivity index (χ1) is 10.3. The van der Waals surface area contributed by atoms with E-state index in [1.165, 1.54) is 6.04 Å². The summed E-state index contributed by atoms with van der Waals surface area (Å²) in [5.41, 5.74) is 0.0894. The van der Waals surface area contributed by atoms with E-state index in [0.717, 1.165) is 12.8 Å². The Kier molecular flexibility index (Phi) is 6.46. The van der Waals surface area contributed by atoms with Gasteiger partial charge in [0, 0.05) is 5.57 Å². The van der Waals surface area contributed by atoms with Gasteiger partial charge in [-0.2, -0.15) is 0 Å². The van der Waals surface area contributed by atoms with Crippen molar-refractivity contribution in [3.8, 4) is 0 Å². The van der Waals surface area contributed by atoms with Crippen LogP contribution in [-0.4, -0.2) is 39.4 Å². The summed E-state index contributed by atoms with van der Waals surface area (Å²) >= 11 is 0. The highest BCUT2D eigenvalue weighted by Gasteiger charge is 2.54. The van der Waals surface area contributed by atoms with Gasteiger partial charge in [0.1, 0.15) is 0 Å². The molecular weight excluding hydrogens is 324 g/mol. The Balaban J connectivity index is 2.81. The van der Waals surface area contributed by atoms with Gasteiger partial charge in [0.25, 0.3) is 0 Å². The molecule has 0 aromatic rings. The second-order valence-electron chi connectivity index (χ2n) is 8.10. The molecule has 3 atom stereocenters. The molecule has 1 aliphatic heterocycles. The first-order valence-electron chi connectivity index (χ1n) is 8.57. The summed E-state index contributed by atoms with van der Waals surface area (Å²) in [4.78, 5) is 11.6. The van der Waals surface area contributed by atoms with Gasteiger partial charge in [0.15, 0.2) is 7.83 Å². The molecule has 0 aromatic heterocycles. The van der Waals surface area contributed by atoms with Crippen molar-refractivity contribution in [2.24, 2.45) is 0 Å². The first kappa shape index (κ1) is 20.6. The Bertz CT molecular complexity index is 462. The van der Waals surface area contributed by atoms with Gasteiger partial charge in [0.05, 0.1) is 19.3 Å². The summed E-state index contributed by atoms with van der Waals surface area (Å²) in [6.45, 7) is 20.8. The van der Waals surface area contributed by atoms with E-state index in [-0.39, 0.29) is 11.7 Å². The second-order valence-corrected chi connectivity index (χ2v) is 23.3. The Morgan fingerprint density at radius 2 is 1.91 bits per heavy atom. The quantitative estimate of drug-likeness (QED) is 0.305. The molecule has 0 amide bonds. The fraction of sp³-hybridized carbons (Fsp3) is 0.824. The molecule has 0 bridgehead atoms. The van der Waals surface area contributed by atoms with Gasteiger partial charge >= 0.3 is 5.97 Å². The average Bonchev–Trinajstić information content (AvgIpc) is 2.40. The van der Waals surface area contributed by atoms with E-state index in [2.05, 4.69) is 46.6 Å². The van der Waals surface area contributed by atoms with Crippen LogP contribution in [0.15, 0.2) is 12.2 Å². The molecule has 0 N–H and O–H groups in total. The number of esters is 1. The second kappa shape index (κ2) is 7.21. The Morgan fingerprint density at radius 1 is 1.35 bits per heavy atom. The molecule has 3 unspecified atom stereocenters. The monoisotopic (exact) mass is 358 g/mol. The molecule has 0 saturated carbocycles. The average molecular weight is 359 g/mol. The zero-order chi connectivity index (χ0) is 18.1. The lowest BCUT2D eigenvalue weighted by Gasteiger charge is -2.53. The van der Waals surface area contributed by atoms with Crippen LogP contribution in [0.4, 0.5) is 0 Å². The van der Waals surface area contributed by atoms with Crippen LogP contribution in [0.25, 0.3) is 0 Å². The molecule has 6 heteroatoms. The van der Waals surface area contributed by atoms with Crippen molar-refractivity contribution in [3.05, 3.63) is 12.2 Å². The van der Waals surface area contributed by atoms with Crippen molar-refractivity contribution >= 4 is 21.4 Å². The van der Waals surface area contributed by atoms with Gasteiger partial charge in [-0.05, 0) is 46.7 Å². The topological polar surface area (TPSA) is 44.8 Å². The summed E-state index contributed by atoms with van der Waals surface area (Å²) < 4.78 is 18.0. The molecule has 1 saturated heterocycles. The Morgan fingerprint density at radius 3 is 2.35 bits per heavy atom. The van der Waals surface area contributed by atoms with Crippen molar-refractivity contribution in [2.45, 2.75) is 90.8 Å². The maximum absolute atomic E-state index is 11.6. The zero-order valence-electron chi connectivity index (χ0n) is 16.1. The fourth-order valence-corrected chi connectivity index (χ4v) is 10.2. The summed E-state index contributed by atoms with van der Waals surface area (Å²) in [5, 5.41) is 0. The SMILES string of the molecule is C=C(C)C(=O)OC(C)OC(CC)C1(C)CC[Si](C)(C)[Si](C)(C)O1. The van der Waals surface area contributed by atoms with Crippen LogP contribution in [0.5, 0.6) is 0 Å². The lowest BCUT2D eigenvalue weighted by Crippen LogP contribution is -2.67. The van der Waals surface area contributed by atoms with Gasteiger partial charge in [-0.25, -0.2) is 4.79 Å². The van der Waals surface area contributed by atoms with Crippen molar-refractivity contribution in [1.82, 2.24) is 0 Å². The first-order valence-corrected chi connectivity index (χ1v) is 15.7. The van der Waals surface area contributed by atoms with E-state index in [1.807, 2.05) is 0 Å². The van der Waals surface area contributed by atoms with Gasteiger partial charge in [0.2, 0.25) is 6.29 Å². The van der Waals surface area contributed by atoms with Crippen LogP contribution < -0.4 is 0 Å². The van der Waals surface area contributed by atoms with Crippen molar-refractivity contribution in [2.75, 3.05) is 0 Å². The van der Waals surface area contributed by atoms with Crippen LogP contribution in [0.2, 0.25) is 32.2 Å². The minimum Gasteiger partial charge on any atom is -0.433 e. The van der Waals surface area contributed by atoms with Crippen LogP contribution in [0.1, 0.15) is 40.5 Å². The number of carbonyl (C=O) groups excluding carboxylic acids is 1. The van der Waals surface area contributed by atoms with Crippen LogP contribution in [0, 0.1) is 0 Å². The maximum atomic E-state index is 11.6. The zero-order valence-corrected chi connectivity index (χ0v) is 18.1. The Labute approximate surface area is 143 Å². The lowest BCUT2D eigenvalue weighted by atomic mass is 9.94. The highest BCUT2D eigenvalue weighted by Crippen LogP contribution is 2.42.